The monoisotopic (exact) mass is 390 g/mol. The fraction of sp³-hybridized carbons (Fsp3) is 0.364. The third kappa shape index (κ3) is 2.84. The first kappa shape index (κ1) is 18.0. The molecule has 1 N–H and O–H groups in total. The molecule has 4 heterocycles. The average molecular weight is 390 g/mol. The van der Waals surface area contributed by atoms with E-state index >= 15 is 0 Å². The number of aliphatic hydroxyl groups excluding tert-OH is 1. The Morgan fingerprint density at radius 1 is 1.28 bits per heavy atom. The molecule has 7 nitrogen and oxygen atoms in total. The van der Waals surface area contributed by atoms with Gasteiger partial charge in [0.1, 0.15) is 11.6 Å². The summed E-state index contributed by atoms with van der Waals surface area (Å²) in [4.78, 5) is 18.5. The molecule has 0 radical (unpaired) electrons. The molecule has 1 amide bonds. The number of fused-ring (bicyclic) bond motifs is 3. The van der Waals surface area contributed by atoms with Crippen LogP contribution in [0.2, 0.25) is 0 Å². The van der Waals surface area contributed by atoms with Crippen LogP contribution in [0.5, 0.6) is 0 Å². The van der Waals surface area contributed by atoms with Crippen LogP contribution in [0, 0.1) is 0 Å². The summed E-state index contributed by atoms with van der Waals surface area (Å²) in [6, 6.07) is 9.96. The van der Waals surface area contributed by atoms with Crippen molar-refractivity contribution in [2.24, 2.45) is 10.2 Å². The molecule has 29 heavy (non-hydrogen) atoms. The summed E-state index contributed by atoms with van der Waals surface area (Å²) >= 11 is 0. The smallest absolute Gasteiger partial charge is 0.415 e. The third-order valence-electron chi connectivity index (χ3n) is 6.03. The van der Waals surface area contributed by atoms with Gasteiger partial charge in [-0.3, -0.25) is 9.88 Å². The zero-order chi connectivity index (χ0) is 20.2. The van der Waals surface area contributed by atoms with Crippen LogP contribution < -0.4 is 4.90 Å². The van der Waals surface area contributed by atoms with Crippen LogP contribution >= 0.6 is 0 Å². The first-order valence-electron chi connectivity index (χ1n) is 9.79. The number of rotatable bonds is 3. The Hall–Kier alpha value is -3.06. The number of anilines is 1. The first-order chi connectivity index (χ1) is 14.0. The second-order valence-electron chi connectivity index (χ2n) is 8.05. The van der Waals surface area contributed by atoms with Crippen molar-refractivity contribution in [3.8, 4) is 11.1 Å². The summed E-state index contributed by atoms with van der Waals surface area (Å²) in [6.07, 6.45) is 4.56. The second kappa shape index (κ2) is 6.49. The van der Waals surface area contributed by atoms with Crippen molar-refractivity contribution in [3.63, 3.8) is 0 Å². The van der Waals surface area contributed by atoms with Gasteiger partial charge in [0.15, 0.2) is 0 Å². The van der Waals surface area contributed by atoms with Gasteiger partial charge < -0.3 is 9.84 Å². The predicted octanol–water partition coefficient (Wildman–Crippen LogP) is 3.97. The SMILES string of the molecule is CC1=CCC(C)(c2ccc(-c3ccc4c(c3)CC3C(CO)OC(=O)N43)cn2)N=N1. The molecule has 2 aromatic rings. The van der Waals surface area contributed by atoms with Gasteiger partial charge in [-0.1, -0.05) is 18.2 Å². The van der Waals surface area contributed by atoms with Crippen LogP contribution in [0.3, 0.4) is 0 Å². The number of hydrogen-bond donors (Lipinski definition) is 1. The van der Waals surface area contributed by atoms with Crippen molar-refractivity contribution < 1.29 is 14.6 Å². The summed E-state index contributed by atoms with van der Waals surface area (Å²) in [5.41, 5.74) is 5.40. The normalized spacial score (nSPS) is 27.5. The van der Waals surface area contributed by atoms with Gasteiger partial charge in [-0.2, -0.15) is 10.2 Å². The van der Waals surface area contributed by atoms with Crippen molar-refractivity contribution in [2.45, 2.75) is 44.4 Å². The Kier molecular flexibility index (Phi) is 4.03. The lowest BCUT2D eigenvalue weighted by Gasteiger charge is -2.24. The number of pyridine rings is 1. The molecule has 3 aliphatic rings. The molecule has 1 aromatic heterocycles. The number of cyclic esters (lactones) is 1. The summed E-state index contributed by atoms with van der Waals surface area (Å²) in [7, 11) is 0. The lowest BCUT2D eigenvalue weighted by Crippen LogP contribution is -2.34. The fourth-order valence-corrected chi connectivity index (χ4v) is 4.27. The first-order valence-corrected chi connectivity index (χ1v) is 9.79. The molecule has 3 unspecified atom stereocenters. The summed E-state index contributed by atoms with van der Waals surface area (Å²) in [6.45, 7) is 3.82. The lowest BCUT2D eigenvalue weighted by molar-refractivity contribution is 0.0830. The van der Waals surface area contributed by atoms with Crippen LogP contribution in [0.25, 0.3) is 11.1 Å². The molecule has 7 heteroatoms. The van der Waals surface area contributed by atoms with Crippen LogP contribution in [0.15, 0.2) is 58.5 Å². The molecular formula is C22H22N4O3. The molecule has 0 bridgehead atoms. The van der Waals surface area contributed by atoms with E-state index in [2.05, 4.69) is 33.4 Å². The standard InChI is InChI=1S/C22H22N4O3/c1-13-7-8-22(2,25-24-13)20-6-4-15(11-23-20)14-3-5-17-16(9-14)10-18-19(12-27)29-21(28)26(17)18/h3-7,9,11,18-19,27H,8,10,12H2,1-2H3. The molecule has 3 aliphatic heterocycles. The van der Waals surface area contributed by atoms with Gasteiger partial charge in [0, 0.05) is 11.8 Å². The molecule has 0 aliphatic carbocycles. The summed E-state index contributed by atoms with van der Waals surface area (Å²) in [5.74, 6) is 0. The van der Waals surface area contributed by atoms with Crippen molar-refractivity contribution in [1.82, 2.24) is 4.98 Å². The Morgan fingerprint density at radius 3 is 2.79 bits per heavy atom. The van der Waals surface area contributed by atoms with Crippen molar-refractivity contribution in [3.05, 3.63) is 59.6 Å². The van der Waals surface area contributed by atoms with E-state index in [1.807, 2.05) is 38.2 Å². The number of carbonyl (C=O) groups is 1. The highest BCUT2D eigenvalue weighted by Gasteiger charge is 2.47. The minimum Gasteiger partial charge on any atom is -0.441 e. The van der Waals surface area contributed by atoms with E-state index < -0.39 is 11.6 Å². The largest absolute Gasteiger partial charge is 0.441 e. The van der Waals surface area contributed by atoms with Gasteiger partial charge in [-0.05, 0) is 56.0 Å². The van der Waals surface area contributed by atoms with E-state index in [0.29, 0.717) is 6.42 Å². The summed E-state index contributed by atoms with van der Waals surface area (Å²) < 4.78 is 5.24. The Balaban J connectivity index is 1.42. The van der Waals surface area contributed by atoms with Gasteiger partial charge in [0.2, 0.25) is 0 Å². The highest BCUT2D eigenvalue weighted by molar-refractivity contribution is 5.94. The Morgan fingerprint density at radius 2 is 2.10 bits per heavy atom. The molecule has 1 saturated heterocycles. The van der Waals surface area contributed by atoms with Crippen LogP contribution in [-0.4, -0.2) is 34.9 Å². The minimum absolute atomic E-state index is 0.133. The van der Waals surface area contributed by atoms with E-state index in [4.69, 9.17) is 4.74 Å². The number of allylic oxidation sites excluding steroid dienone is 1. The maximum absolute atomic E-state index is 12.1. The number of aromatic nitrogens is 1. The van der Waals surface area contributed by atoms with E-state index in [0.717, 1.165) is 40.2 Å². The molecular weight excluding hydrogens is 368 g/mol. The molecule has 1 aromatic carbocycles. The number of amides is 1. The maximum Gasteiger partial charge on any atom is 0.415 e. The summed E-state index contributed by atoms with van der Waals surface area (Å²) in [5, 5.41) is 18.1. The topological polar surface area (TPSA) is 87.4 Å². The van der Waals surface area contributed by atoms with Crippen LogP contribution in [-0.2, 0) is 16.7 Å². The molecule has 0 saturated carbocycles. The van der Waals surface area contributed by atoms with Gasteiger partial charge in [-0.15, -0.1) is 0 Å². The van der Waals surface area contributed by atoms with E-state index in [9.17, 15) is 9.90 Å². The van der Waals surface area contributed by atoms with E-state index in [-0.39, 0.29) is 18.7 Å². The average Bonchev–Trinajstić information content (AvgIpc) is 3.27. The predicted molar refractivity (Wildman–Crippen MR) is 108 cm³/mol. The Labute approximate surface area is 168 Å². The minimum atomic E-state index is -0.470. The van der Waals surface area contributed by atoms with Crippen molar-refractivity contribution >= 4 is 11.8 Å². The fourth-order valence-electron chi connectivity index (χ4n) is 4.27. The van der Waals surface area contributed by atoms with Gasteiger partial charge >= 0.3 is 6.09 Å². The number of benzene rings is 1. The highest BCUT2D eigenvalue weighted by atomic mass is 16.6. The van der Waals surface area contributed by atoms with E-state index in [1.54, 1.807) is 4.90 Å². The Bertz CT molecular complexity index is 1050. The molecule has 1 fully saturated rings. The molecule has 3 atom stereocenters. The lowest BCUT2D eigenvalue weighted by atomic mass is 9.92. The van der Waals surface area contributed by atoms with Crippen LogP contribution in [0.4, 0.5) is 10.5 Å². The van der Waals surface area contributed by atoms with Crippen LogP contribution in [0.1, 0.15) is 31.5 Å². The molecule has 148 valence electrons. The van der Waals surface area contributed by atoms with E-state index in [1.165, 1.54) is 0 Å². The number of aliphatic hydroxyl groups is 1. The van der Waals surface area contributed by atoms with Crippen molar-refractivity contribution in [2.75, 3.05) is 11.5 Å². The second-order valence-corrected chi connectivity index (χ2v) is 8.05. The third-order valence-corrected chi connectivity index (χ3v) is 6.03. The van der Waals surface area contributed by atoms with Gasteiger partial charge in [0.25, 0.3) is 0 Å². The van der Waals surface area contributed by atoms with Gasteiger partial charge in [0.05, 0.1) is 29.7 Å². The number of hydrogen-bond acceptors (Lipinski definition) is 6. The zero-order valence-electron chi connectivity index (χ0n) is 16.4. The van der Waals surface area contributed by atoms with Crippen molar-refractivity contribution in [1.29, 1.82) is 0 Å². The number of carbonyl (C=O) groups excluding carboxylic acids is 1. The molecule has 5 rings (SSSR count). The zero-order valence-corrected chi connectivity index (χ0v) is 16.4. The van der Waals surface area contributed by atoms with Gasteiger partial charge in [-0.25, -0.2) is 4.79 Å². The number of azo groups is 1. The highest BCUT2D eigenvalue weighted by Crippen LogP contribution is 2.40. The number of nitrogens with zero attached hydrogens (tertiary/aromatic N) is 4. The number of ether oxygens (including phenoxy) is 1. The maximum atomic E-state index is 12.1. The quantitative estimate of drug-likeness (QED) is 0.859. The molecule has 0 spiro atoms.